The standard InChI is InChI=1S/C20H17N3O5/c1-13-5-4-9-23-17(24)11-14(21-19(13)23)12-27-18(25)8-10-22-15-6-2-3-7-16(15)28-20(22)26/h2-7,9,11H,8,10,12H2,1H3. The second-order valence-electron chi connectivity index (χ2n) is 6.37. The molecule has 0 bridgehead atoms. The molecule has 0 fully saturated rings. The molecule has 0 saturated heterocycles. The number of ether oxygens (including phenoxy) is 1. The predicted molar refractivity (Wildman–Crippen MR) is 101 cm³/mol. The molecule has 3 aromatic heterocycles. The normalized spacial score (nSPS) is 11.2. The van der Waals surface area contributed by atoms with Crippen LogP contribution in [0.2, 0.25) is 0 Å². The number of pyridine rings is 1. The molecule has 0 aliphatic rings. The lowest BCUT2D eigenvalue weighted by atomic mass is 10.3. The van der Waals surface area contributed by atoms with Crippen molar-refractivity contribution in [2.45, 2.75) is 26.5 Å². The van der Waals surface area contributed by atoms with Crippen molar-refractivity contribution in [3.8, 4) is 0 Å². The molecule has 28 heavy (non-hydrogen) atoms. The topological polar surface area (TPSA) is 95.8 Å². The Labute approximate surface area is 158 Å². The number of aromatic nitrogens is 3. The van der Waals surface area contributed by atoms with Crippen LogP contribution in [0.1, 0.15) is 17.7 Å². The number of nitrogens with zero attached hydrogens (tertiary/aromatic N) is 3. The van der Waals surface area contributed by atoms with Crippen molar-refractivity contribution >= 4 is 22.7 Å². The summed E-state index contributed by atoms with van der Waals surface area (Å²) in [6, 6.07) is 12.0. The van der Waals surface area contributed by atoms with Crippen LogP contribution in [-0.4, -0.2) is 19.9 Å². The number of carbonyl (C=O) groups excluding carboxylic acids is 1. The second-order valence-corrected chi connectivity index (χ2v) is 6.37. The van der Waals surface area contributed by atoms with E-state index in [0.29, 0.717) is 22.4 Å². The highest BCUT2D eigenvalue weighted by molar-refractivity contribution is 5.73. The van der Waals surface area contributed by atoms with Gasteiger partial charge in [-0.1, -0.05) is 18.2 Å². The van der Waals surface area contributed by atoms with Gasteiger partial charge in [-0.3, -0.25) is 18.6 Å². The third-order valence-corrected chi connectivity index (χ3v) is 4.43. The van der Waals surface area contributed by atoms with Crippen LogP contribution >= 0.6 is 0 Å². The third kappa shape index (κ3) is 3.32. The average Bonchev–Trinajstić information content (AvgIpc) is 3.00. The molecule has 3 heterocycles. The predicted octanol–water partition coefficient (Wildman–Crippen LogP) is 2.04. The summed E-state index contributed by atoms with van der Waals surface area (Å²) in [6.07, 6.45) is 1.63. The molecule has 1 aromatic carbocycles. The lowest BCUT2D eigenvalue weighted by Crippen LogP contribution is -2.19. The van der Waals surface area contributed by atoms with Gasteiger partial charge in [-0.2, -0.15) is 0 Å². The minimum Gasteiger partial charge on any atom is -0.459 e. The number of hydrogen-bond acceptors (Lipinski definition) is 6. The molecule has 0 amide bonds. The lowest BCUT2D eigenvalue weighted by Gasteiger charge is -2.07. The highest BCUT2D eigenvalue weighted by Gasteiger charge is 2.12. The quantitative estimate of drug-likeness (QED) is 0.493. The maximum absolute atomic E-state index is 12.2. The Balaban J connectivity index is 1.44. The number of fused-ring (bicyclic) bond motifs is 2. The summed E-state index contributed by atoms with van der Waals surface area (Å²) in [5, 5.41) is 0. The van der Waals surface area contributed by atoms with Gasteiger partial charge in [0.25, 0.3) is 5.56 Å². The van der Waals surface area contributed by atoms with Crippen molar-refractivity contribution in [2.75, 3.05) is 0 Å². The number of rotatable bonds is 5. The van der Waals surface area contributed by atoms with Crippen LogP contribution in [0.5, 0.6) is 0 Å². The molecule has 8 nitrogen and oxygen atoms in total. The van der Waals surface area contributed by atoms with Gasteiger partial charge in [0.2, 0.25) is 0 Å². The number of esters is 1. The van der Waals surface area contributed by atoms with E-state index in [1.165, 1.54) is 15.0 Å². The summed E-state index contributed by atoms with van der Waals surface area (Å²) in [7, 11) is 0. The summed E-state index contributed by atoms with van der Waals surface area (Å²) < 4.78 is 13.2. The van der Waals surface area contributed by atoms with Gasteiger partial charge >= 0.3 is 11.7 Å². The fourth-order valence-electron chi connectivity index (χ4n) is 3.04. The summed E-state index contributed by atoms with van der Waals surface area (Å²) in [4.78, 5) is 40.6. The molecule has 0 unspecified atom stereocenters. The monoisotopic (exact) mass is 379 g/mol. The van der Waals surface area contributed by atoms with Crippen molar-refractivity contribution in [1.29, 1.82) is 0 Å². The van der Waals surface area contributed by atoms with E-state index in [9.17, 15) is 14.4 Å². The largest absolute Gasteiger partial charge is 0.459 e. The zero-order valence-electron chi connectivity index (χ0n) is 15.1. The zero-order valence-corrected chi connectivity index (χ0v) is 15.1. The Morgan fingerprint density at radius 3 is 2.86 bits per heavy atom. The van der Waals surface area contributed by atoms with Crippen LogP contribution in [0.25, 0.3) is 16.7 Å². The highest BCUT2D eigenvalue weighted by Crippen LogP contribution is 2.12. The van der Waals surface area contributed by atoms with Crippen LogP contribution in [0.4, 0.5) is 0 Å². The number of oxazole rings is 1. The molecule has 4 rings (SSSR count). The fourth-order valence-corrected chi connectivity index (χ4v) is 3.04. The van der Waals surface area contributed by atoms with Crippen molar-refractivity contribution in [3.05, 3.63) is 80.8 Å². The van der Waals surface area contributed by atoms with E-state index < -0.39 is 11.7 Å². The minimum atomic E-state index is -0.520. The van der Waals surface area contributed by atoms with Crippen LogP contribution in [0, 0.1) is 6.92 Å². The summed E-state index contributed by atoms with van der Waals surface area (Å²) >= 11 is 0. The molecule has 0 N–H and O–H groups in total. The summed E-state index contributed by atoms with van der Waals surface area (Å²) in [6.45, 7) is 1.88. The maximum atomic E-state index is 12.2. The van der Waals surface area contributed by atoms with Crippen molar-refractivity contribution in [1.82, 2.24) is 14.0 Å². The first-order chi connectivity index (χ1) is 13.5. The molecule has 0 spiro atoms. The van der Waals surface area contributed by atoms with Gasteiger partial charge in [0.15, 0.2) is 5.58 Å². The molecule has 8 heteroatoms. The molecular formula is C20H17N3O5. The first-order valence-corrected chi connectivity index (χ1v) is 8.75. The van der Waals surface area contributed by atoms with E-state index in [4.69, 9.17) is 9.15 Å². The minimum absolute atomic E-state index is 0.00494. The van der Waals surface area contributed by atoms with E-state index in [1.54, 1.807) is 36.5 Å². The number of carbonyl (C=O) groups is 1. The van der Waals surface area contributed by atoms with Crippen molar-refractivity contribution < 1.29 is 13.9 Å². The molecular weight excluding hydrogens is 362 g/mol. The zero-order chi connectivity index (χ0) is 19.7. The van der Waals surface area contributed by atoms with Crippen molar-refractivity contribution in [3.63, 3.8) is 0 Å². The Morgan fingerprint density at radius 1 is 1.18 bits per heavy atom. The van der Waals surface area contributed by atoms with Crippen LogP contribution in [-0.2, 0) is 22.7 Å². The Morgan fingerprint density at radius 2 is 2.00 bits per heavy atom. The third-order valence-electron chi connectivity index (χ3n) is 4.43. The first kappa shape index (κ1) is 17.7. The average molecular weight is 379 g/mol. The fraction of sp³-hybridized carbons (Fsp3) is 0.200. The van der Waals surface area contributed by atoms with E-state index in [0.717, 1.165) is 5.56 Å². The van der Waals surface area contributed by atoms with Gasteiger partial charge in [0.1, 0.15) is 12.3 Å². The summed E-state index contributed by atoms with van der Waals surface area (Å²) in [5.74, 6) is -1.02. The van der Waals surface area contributed by atoms with Gasteiger partial charge in [-0.25, -0.2) is 9.78 Å². The SMILES string of the molecule is Cc1cccn2c(=O)cc(COC(=O)CCn3c(=O)oc4ccccc43)nc12. The number of para-hydroxylation sites is 2. The number of aryl methyl sites for hydroxylation is 2. The van der Waals surface area contributed by atoms with Gasteiger partial charge in [0, 0.05) is 18.8 Å². The van der Waals surface area contributed by atoms with Crippen LogP contribution in [0.15, 0.2) is 62.7 Å². The van der Waals surface area contributed by atoms with Gasteiger partial charge in [-0.15, -0.1) is 0 Å². The highest BCUT2D eigenvalue weighted by atomic mass is 16.5. The van der Waals surface area contributed by atoms with Gasteiger partial charge in [-0.05, 0) is 30.7 Å². The lowest BCUT2D eigenvalue weighted by molar-refractivity contribution is -0.145. The van der Waals surface area contributed by atoms with Crippen LogP contribution in [0.3, 0.4) is 0 Å². The van der Waals surface area contributed by atoms with E-state index >= 15 is 0 Å². The van der Waals surface area contributed by atoms with Crippen molar-refractivity contribution in [2.24, 2.45) is 0 Å². The number of benzene rings is 1. The Bertz CT molecular complexity index is 1300. The maximum Gasteiger partial charge on any atom is 0.419 e. The molecule has 0 atom stereocenters. The molecule has 142 valence electrons. The Kier molecular flexibility index (Phi) is 4.52. The van der Waals surface area contributed by atoms with Crippen LogP contribution < -0.4 is 11.3 Å². The van der Waals surface area contributed by atoms with Gasteiger partial charge in [0.05, 0.1) is 17.6 Å². The van der Waals surface area contributed by atoms with E-state index in [-0.39, 0.29) is 25.1 Å². The molecule has 0 aliphatic carbocycles. The molecule has 4 aromatic rings. The smallest absolute Gasteiger partial charge is 0.419 e. The molecule has 0 saturated carbocycles. The first-order valence-electron chi connectivity index (χ1n) is 8.75. The second kappa shape index (κ2) is 7.15. The summed E-state index contributed by atoms with van der Waals surface area (Å²) in [5.41, 5.74) is 2.60. The van der Waals surface area contributed by atoms with Gasteiger partial charge < -0.3 is 9.15 Å². The Hall–Kier alpha value is -3.68. The van der Waals surface area contributed by atoms with E-state index in [2.05, 4.69) is 4.98 Å². The number of hydrogen-bond donors (Lipinski definition) is 0. The van der Waals surface area contributed by atoms with E-state index in [1.807, 2.05) is 13.0 Å². The molecule has 0 radical (unpaired) electrons. The molecule has 0 aliphatic heterocycles.